The summed E-state index contributed by atoms with van der Waals surface area (Å²) in [6, 6.07) is 8.31. The van der Waals surface area contributed by atoms with Crippen LogP contribution in [0.1, 0.15) is 17.5 Å². The monoisotopic (exact) mass is 431 g/mol. The van der Waals surface area contributed by atoms with Gasteiger partial charge in [0, 0.05) is 10.9 Å². The molecular formula is C18H17BrF3NO3. The Labute approximate surface area is 157 Å². The van der Waals surface area contributed by atoms with Crippen molar-refractivity contribution in [2.45, 2.75) is 19.0 Å². The van der Waals surface area contributed by atoms with Gasteiger partial charge in [0.2, 0.25) is 5.91 Å². The highest BCUT2D eigenvalue weighted by Crippen LogP contribution is 2.35. The predicted octanol–water partition coefficient (Wildman–Crippen LogP) is 5.06. The zero-order valence-corrected chi connectivity index (χ0v) is 15.7. The molecule has 0 radical (unpaired) electrons. The number of hydrogen-bond donors (Lipinski definition) is 1. The molecule has 0 atom stereocenters. The molecule has 0 heterocycles. The first-order valence-corrected chi connectivity index (χ1v) is 8.42. The molecule has 0 saturated carbocycles. The van der Waals surface area contributed by atoms with E-state index in [1.807, 2.05) is 0 Å². The van der Waals surface area contributed by atoms with Crippen LogP contribution in [0.4, 0.5) is 18.9 Å². The lowest BCUT2D eigenvalue weighted by atomic mass is 10.1. The Balaban J connectivity index is 2.09. The third-order valence-corrected chi connectivity index (χ3v) is 4.42. The molecule has 0 spiro atoms. The number of para-hydroxylation sites is 1. The number of carbonyl (C=O) groups excluding carboxylic acids is 1. The van der Waals surface area contributed by atoms with Crippen LogP contribution in [0, 0.1) is 0 Å². The fourth-order valence-electron chi connectivity index (χ4n) is 2.39. The van der Waals surface area contributed by atoms with E-state index in [4.69, 9.17) is 9.47 Å². The second-order valence-corrected chi connectivity index (χ2v) is 6.24. The van der Waals surface area contributed by atoms with Crippen LogP contribution in [0.25, 0.3) is 0 Å². The minimum Gasteiger partial charge on any atom is -0.493 e. The smallest absolute Gasteiger partial charge is 0.418 e. The third kappa shape index (κ3) is 4.91. The Morgan fingerprint density at radius 2 is 1.73 bits per heavy atom. The molecule has 140 valence electrons. The molecule has 0 aliphatic carbocycles. The van der Waals surface area contributed by atoms with Crippen LogP contribution in [-0.4, -0.2) is 20.1 Å². The van der Waals surface area contributed by atoms with E-state index >= 15 is 0 Å². The topological polar surface area (TPSA) is 47.6 Å². The van der Waals surface area contributed by atoms with Gasteiger partial charge in [0.05, 0.1) is 25.5 Å². The summed E-state index contributed by atoms with van der Waals surface area (Å²) in [7, 11) is 3.01. The van der Waals surface area contributed by atoms with Crippen LogP contribution in [0.15, 0.2) is 40.9 Å². The maximum atomic E-state index is 13.0. The molecule has 0 unspecified atom stereocenters. The van der Waals surface area contributed by atoms with Crippen LogP contribution in [0.5, 0.6) is 11.5 Å². The van der Waals surface area contributed by atoms with Gasteiger partial charge in [0.1, 0.15) is 0 Å². The fourth-order valence-corrected chi connectivity index (χ4v) is 2.91. The van der Waals surface area contributed by atoms with Gasteiger partial charge in [0.25, 0.3) is 0 Å². The molecule has 1 amide bonds. The molecule has 4 nitrogen and oxygen atoms in total. The molecule has 0 aliphatic rings. The van der Waals surface area contributed by atoms with Crippen molar-refractivity contribution in [2.24, 2.45) is 0 Å². The van der Waals surface area contributed by atoms with E-state index in [1.165, 1.54) is 32.4 Å². The zero-order chi connectivity index (χ0) is 19.3. The summed E-state index contributed by atoms with van der Waals surface area (Å²) in [4.78, 5) is 12.1. The maximum absolute atomic E-state index is 13.0. The van der Waals surface area contributed by atoms with Crippen molar-refractivity contribution in [2.75, 3.05) is 19.5 Å². The van der Waals surface area contributed by atoms with Crippen molar-refractivity contribution in [1.82, 2.24) is 0 Å². The number of halogens is 4. The standard InChI is InChI=1S/C18H17BrF3NO3/c1-25-15-9-11(13(19)10-16(15)26-2)7-8-17(24)23-14-6-4-3-5-12(14)18(20,21)22/h3-6,9-10H,7-8H2,1-2H3,(H,23,24). The van der Waals surface area contributed by atoms with Gasteiger partial charge in [-0.05, 0) is 36.2 Å². The number of hydrogen-bond acceptors (Lipinski definition) is 3. The number of anilines is 1. The summed E-state index contributed by atoms with van der Waals surface area (Å²) < 4.78 is 50.0. The van der Waals surface area contributed by atoms with Crippen molar-refractivity contribution < 1.29 is 27.4 Å². The lowest BCUT2D eigenvalue weighted by molar-refractivity contribution is -0.137. The number of nitrogens with one attached hydrogen (secondary N) is 1. The Morgan fingerprint density at radius 1 is 1.12 bits per heavy atom. The van der Waals surface area contributed by atoms with Crippen molar-refractivity contribution in [3.63, 3.8) is 0 Å². The van der Waals surface area contributed by atoms with Crippen molar-refractivity contribution in [3.05, 3.63) is 52.0 Å². The van der Waals surface area contributed by atoms with E-state index in [9.17, 15) is 18.0 Å². The molecule has 1 N–H and O–H groups in total. The summed E-state index contributed by atoms with van der Waals surface area (Å²) in [5.41, 5.74) is -0.348. The van der Waals surface area contributed by atoms with Crippen LogP contribution < -0.4 is 14.8 Å². The maximum Gasteiger partial charge on any atom is 0.418 e. The average molecular weight is 432 g/mol. The second kappa shape index (κ2) is 8.44. The fraction of sp³-hybridized carbons (Fsp3) is 0.278. The minimum atomic E-state index is -4.53. The van der Waals surface area contributed by atoms with Gasteiger partial charge < -0.3 is 14.8 Å². The van der Waals surface area contributed by atoms with Gasteiger partial charge in [-0.2, -0.15) is 13.2 Å². The molecule has 2 aromatic carbocycles. The predicted molar refractivity (Wildman–Crippen MR) is 95.6 cm³/mol. The first kappa shape index (κ1) is 20.1. The van der Waals surface area contributed by atoms with E-state index in [-0.39, 0.29) is 12.1 Å². The van der Waals surface area contributed by atoms with Crippen molar-refractivity contribution in [3.8, 4) is 11.5 Å². The molecular weight excluding hydrogens is 415 g/mol. The first-order chi connectivity index (χ1) is 12.3. The molecule has 8 heteroatoms. The number of carbonyl (C=O) groups is 1. The number of aryl methyl sites for hydroxylation is 1. The molecule has 0 saturated heterocycles. The van der Waals surface area contributed by atoms with E-state index in [1.54, 1.807) is 12.1 Å². The number of alkyl halides is 3. The lowest BCUT2D eigenvalue weighted by Gasteiger charge is -2.14. The van der Waals surface area contributed by atoms with Crippen molar-refractivity contribution >= 4 is 27.5 Å². The number of methoxy groups -OCH3 is 2. The van der Waals surface area contributed by atoms with Crippen LogP contribution in [-0.2, 0) is 17.4 Å². The number of amides is 1. The summed E-state index contributed by atoms with van der Waals surface area (Å²) in [5, 5.41) is 2.33. The first-order valence-electron chi connectivity index (χ1n) is 7.62. The van der Waals surface area contributed by atoms with Gasteiger partial charge in [-0.25, -0.2) is 0 Å². The quantitative estimate of drug-likeness (QED) is 0.695. The Hall–Kier alpha value is -2.22. The number of benzene rings is 2. The molecule has 0 aromatic heterocycles. The molecule has 2 rings (SSSR count). The molecule has 0 aliphatic heterocycles. The van der Waals surface area contributed by atoms with Crippen LogP contribution in [0.2, 0.25) is 0 Å². The molecule has 26 heavy (non-hydrogen) atoms. The third-order valence-electron chi connectivity index (χ3n) is 3.68. The van der Waals surface area contributed by atoms with Gasteiger partial charge in [-0.1, -0.05) is 28.1 Å². The highest BCUT2D eigenvalue weighted by molar-refractivity contribution is 9.10. The van der Waals surface area contributed by atoms with Gasteiger partial charge >= 0.3 is 6.18 Å². The van der Waals surface area contributed by atoms with Gasteiger partial charge in [0.15, 0.2) is 11.5 Å². The molecule has 0 fully saturated rings. The Bertz CT molecular complexity index is 794. The van der Waals surface area contributed by atoms with E-state index in [2.05, 4.69) is 21.2 Å². The normalized spacial score (nSPS) is 11.2. The highest BCUT2D eigenvalue weighted by atomic mass is 79.9. The van der Waals surface area contributed by atoms with Crippen molar-refractivity contribution in [1.29, 1.82) is 0 Å². The van der Waals surface area contributed by atoms with E-state index < -0.39 is 17.6 Å². The summed E-state index contributed by atoms with van der Waals surface area (Å²) in [5.74, 6) is 0.531. The number of ether oxygens (including phenoxy) is 2. The Kier molecular flexibility index (Phi) is 6.52. The lowest BCUT2D eigenvalue weighted by Crippen LogP contribution is -2.17. The highest BCUT2D eigenvalue weighted by Gasteiger charge is 2.33. The summed E-state index contributed by atoms with van der Waals surface area (Å²) >= 11 is 3.39. The van der Waals surface area contributed by atoms with E-state index in [0.717, 1.165) is 16.1 Å². The average Bonchev–Trinajstić information content (AvgIpc) is 2.59. The molecule has 0 bridgehead atoms. The number of rotatable bonds is 6. The SMILES string of the molecule is COc1cc(Br)c(CCC(=O)Nc2ccccc2C(F)(F)F)cc1OC. The van der Waals surface area contributed by atoms with Gasteiger partial charge in [-0.15, -0.1) is 0 Å². The minimum absolute atomic E-state index is 0.0142. The van der Waals surface area contributed by atoms with Crippen LogP contribution in [0.3, 0.4) is 0 Å². The molecule has 2 aromatic rings. The second-order valence-electron chi connectivity index (χ2n) is 5.39. The van der Waals surface area contributed by atoms with Gasteiger partial charge in [-0.3, -0.25) is 4.79 Å². The van der Waals surface area contributed by atoms with Crippen LogP contribution >= 0.6 is 15.9 Å². The van der Waals surface area contributed by atoms with E-state index in [0.29, 0.717) is 17.9 Å². The summed E-state index contributed by atoms with van der Waals surface area (Å²) in [6.45, 7) is 0. The Morgan fingerprint density at radius 3 is 2.35 bits per heavy atom. The summed E-state index contributed by atoms with van der Waals surface area (Å²) in [6.07, 6.45) is -4.20. The largest absolute Gasteiger partial charge is 0.493 e. The zero-order valence-electron chi connectivity index (χ0n) is 14.1.